The highest BCUT2D eigenvalue weighted by Crippen LogP contribution is 2.20. The lowest BCUT2D eigenvalue weighted by molar-refractivity contribution is -0.124. The number of aliphatic hydroxyl groups excluding tert-OH is 3. The first-order valence-electron chi connectivity index (χ1n) is 6.80. The Hall–Kier alpha value is -0.780. The van der Waals surface area contributed by atoms with Gasteiger partial charge in [0.05, 0.1) is 12.1 Å². The van der Waals surface area contributed by atoms with Crippen molar-refractivity contribution in [2.75, 3.05) is 6.61 Å². The molecule has 0 aliphatic rings. The second-order valence-electron chi connectivity index (χ2n) is 5.60. The van der Waals surface area contributed by atoms with E-state index < -0.39 is 53.2 Å². The van der Waals surface area contributed by atoms with Crippen LogP contribution in [0.25, 0.3) is 0 Å². The second kappa shape index (κ2) is 8.75. The van der Waals surface area contributed by atoms with Gasteiger partial charge in [-0.3, -0.25) is 9.35 Å². The lowest BCUT2D eigenvalue weighted by Crippen LogP contribution is -2.58. The van der Waals surface area contributed by atoms with Crippen LogP contribution in [0.2, 0.25) is 0 Å². The summed E-state index contributed by atoms with van der Waals surface area (Å²) < 4.78 is 35.0. The molecule has 9 nitrogen and oxygen atoms in total. The van der Waals surface area contributed by atoms with E-state index in [4.69, 9.17) is 9.66 Å². The maximum absolute atomic E-state index is 11.2. The van der Waals surface area contributed by atoms with Crippen molar-refractivity contribution in [2.24, 2.45) is 11.8 Å². The molecule has 0 aliphatic heterocycles. The zero-order valence-corrected chi connectivity index (χ0v) is 13.8. The molecule has 0 radical (unpaired) electrons. The van der Waals surface area contributed by atoms with E-state index in [1.807, 2.05) is 0 Å². The average molecular weight is 343 g/mol. The molecule has 5 N–H and O–H groups in total. The fraction of sp³-hybridized carbons (Fsp3) is 0.917. The van der Waals surface area contributed by atoms with Crippen LogP contribution in [0.5, 0.6) is 0 Å². The van der Waals surface area contributed by atoms with Gasteiger partial charge in [-0.1, -0.05) is 20.8 Å². The molecule has 0 aromatic carbocycles. The molecule has 1 amide bonds. The molecule has 5 atom stereocenters. The quantitative estimate of drug-likeness (QED) is 0.323. The molecular formula is C12H25NO8S. The summed E-state index contributed by atoms with van der Waals surface area (Å²) in [5, 5.41) is 31.9. The van der Waals surface area contributed by atoms with Crippen LogP contribution >= 0.6 is 0 Å². The second-order valence-corrected chi connectivity index (χ2v) is 6.65. The van der Waals surface area contributed by atoms with Crippen LogP contribution in [0.4, 0.5) is 0 Å². The Balaban J connectivity index is 5.49. The average Bonchev–Trinajstić information content (AvgIpc) is 2.38. The van der Waals surface area contributed by atoms with Gasteiger partial charge in [0.15, 0.2) is 0 Å². The first-order chi connectivity index (χ1) is 9.90. The molecule has 0 spiro atoms. The lowest BCUT2D eigenvalue weighted by atomic mass is 9.88. The third-order valence-electron chi connectivity index (χ3n) is 3.21. The van der Waals surface area contributed by atoms with E-state index in [0.29, 0.717) is 0 Å². The molecule has 0 bridgehead atoms. The number of aliphatic hydroxyl groups is 3. The Morgan fingerprint density at radius 3 is 2.00 bits per heavy atom. The molecular weight excluding hydrogens is 318 g/mol. The number of amides is 1. The highest BCUT2D eigenvalue weighted by Gasteiger charge is 2.39. The summed E-state index contributed by atoms with van der Waals surface area (Å²) in [6.07, 6.45) is -4.42. The van der Waals surface area contributed by atoms with Crippen LogP contribution < -0.4 is 5.32 Å². The van der Waals surface area contributed by atoms with Gasteiger partial charge in [-0.15, -0.1) is 0 Å². The van der Waals surface area contributed by atoms with Gasteiger partial charge in [0, 0.05) is 19.4 Å². The Morgan fingerprint density at radius 1 is 1.18 bits per heavy atom. The SMILES string of the molecule is CC(=O)NC([C@@H](O)C(C)C)[C@H](O)[C@@H](OS(=O)(=O)O)C(C)CO. The Labute approximate surface area is 130 Å². The van der Waals surface area contributed by atoms with Crippen LogP contribution in [0.1, 0.15) is 27.7 Å². The molecule has 132 valence electrons. The summed E-state index contributed by atoms with van der Waals surface area (Å²) >= 11 is 0. The van der Waals surface area contributed by atoms with Crippen molar-refractivity contribution >= 4 is 16.3 Å². The number of carbonyl (C=O) groups excluding carboxylic acids is 1. The zero-order valence-electron chi connectivity index (χ0n) is 13.0. The number of hydrogen-bond acceptors (Lipinski definition) is 7. The van der Waals surface area contributed by atoms with Crippen LogP contribution in [-0.4, -0.2) is 65.2 Å². The summed E-state index contributed by atoms with van der Waals surface area (Å²) in [4.78, 5) is 11.2. The maximum atomic E-state index is 11.2. The van der Waals surface area contributed by atoms with E-state index in [2.05, 4.69) is 9.50 Å². The molecule has 2 unspecified atom stereocenters. The molecule has 0 aromatic rings. The van der Waals surface area contributed by atoms with Gasteiger partial charge in [-0.25, -0.2) is 4.18 Å². The van der Waals surface area contributed by atoms with Crippen LogP contribution in [0.15, 0.2) is 0 Å². The van der Waals surface area contributed by atoms with Gasteiger partial charge in [-0.2, -0.15) is 8.42 Å². The first-order valence-corrected chi connectivity index (χ1v) is 8.17. The summed E-state index contributed by atoms with van der Waals surface area (Å²) in [6.45, 7) is 5.29. The van der Waals surface area contributed by atoms with Crippen LogP contribution in [0, 0.1) is 11.8 Å². The summed E-state index contributed by atoms with van der Waals surface area (Å²) in [5.41, 5.74) is 0. The van der Waals surface area contributed by atoms with Gasteiger partial charge in [0.25, 0.3) is 0 Å². The van der Waals surface area contributed by atoms with Crippen molar-refractivity contribution in [1.82, 2.24) is 5.32 Å². The summed E-state index contributed by atoms with van der Waals surface area (Å²) in [5.74, 6) is -1.79. The Bertz CT molecular complexity index is 452. The maximum Gasteiger partial charge on any atom is 0.397 e. The number of hydrogen-bond donors (Lipinski definition) is 5. The smallest absolute Gasteiger partial charge is 0.396 e. The molecule has 0 fully saturated rings. The van der Waals surface area contributed by atoms with Crippen molar-refractivity contribution in [3.8, 4) is 0 Å². The minimum absolute atomic E-state index is 0.359. The fourth-order valence-electron chi connectivity index (χ4n) is 1.96. The van der Waals surface area contributed by atoms with Crippen molar-refractivity contribution in [2.45, 2.75) is 52.0 Å². The van der Waals surface area contributed by atoms with E-state index in [0.717, 1.165) is 0 Å². The molecule has 0 aliphatic carbocycles. The van der Waals surface area contributed by atoms with Gasteiger partial charge >= 0.3 is 10.4 Å². The van der Waals surface area contributed by atoms with Gasteiger partial charge < -0.3 is 20.6 Å². The molecule has 0 aromatic heterocycles. The van der Waals surface area contributed by atoms with Gasteiger partial charge in [0.2, 0.25) is 5.91 Å². The van der Waals surface area contributed by atoms with Crippen molar-refractivity contribution in [1.29, 1.82) is 0 Å². The highest BCUT2D eigenvalue weighted by molar-refractivity contribution is 7.80. The number of carbonyl (C=O) groups is 1. The predicted octanol–water partition coefficient (Wildman–Crippen LogP) is -1.31. The minimum Gasteiger partial charge on any atom is -0.396 e. The third-order valence-corrected chi connectivity index (χ3v) is 3.67. The van der Waals surface area contributed by atoms with Crippen molar-refractivity contribution in [3.05, 3.63) is 0 Å². The summed E-state index contributed by atoms with van der Waals surface area (Å²) in [6, 6.07) is -1.24. The van der Waals surface area contributed by atoms with E-state index in [-0.39, 0.29) is 5.92 Å². The third kappa shape index (κ3) is 6.99. The lowest BCUT2D eigenvalue weighted by Gasteiger charge is -2.35. The molecule has 10 heteroatoms. The predicted molar refractivity (Wildman–Crippen MR) is 77.1 cm³/mol. The number of rotatable bonds is 9. The van der Waals surface area contributed by atoms with Crippen molar-refractivity contribution in [3.63, 3.8) is 0 Å². The Kier molecular flexibility index (Phi) is 8.44. The zero-order chi connectivity index (χ0) is 17.7. The van der Waals surface area contributed by atoms with E-state index in [9.17, 15) is 23.4 Å². The van der Waals surface area contributed by atoms with Gasteiger partial charge in [0.1, 0.15) is 12.2 Å². The molecule has 0 saturated carbocycles. The normalized spacial score (nSPS) is 19.3. The van der Waals surface area contributed by atoms with E-state index >= 15 is 0 Å². The highest BCUT2D eigenvalue weighted by atomic mass is 32.3. The molecule has 22 heavy (non-hydrogen) atoms. The molecule has 0 rings (SSSR count). The standard InChI is InChI=1S/C12H25NO8S/c1-6(2)10(16)9(13-8(4)15)11(17)12(7(3)5-14)21-22(18,19)20/h6-7,9-12,14,16-17H,5H2,1-4H3,(H,13,15)(H,18,19,20)/t7?,9?,10-,11-,12-/m0/s1. The molecule has 0 saturated heterocycles. The number of nitrogens with one attached hydrogen (secondary N) is 1. The van der Waals surface area contributed by atoms with Crippen molar-refractivity contribution < 1.29 is 37.3 Å². The van der Waals surface area contributed by atoms with Gasteiger partial charge in [-0.05, 0) is 5.92 Å². The monoisotopic (exact) mass is 343 g/mol. The fourth-order valence-corrected chi connectivity index (χ4v) is 2.54. The Morgan fingerprint density at radius 2 is 1.68 bits per heavy atom. The van der Waals surface area contributed by atoms with E-state index in [1.165, 1.54) is 13.8 Å². The van der Waals surface area contributed by atoms with Crippen LogP contribution in [-0.2, 0) is 19.4 Å². The molecule has 0 heterocycles. The summed E-state index contributed by atoms with van der Waals surface area (Å²) in [7, 11) is -4.90. The van der Waals surface area contributed by atoms with Crippen LogP contribution in [0.3, 0.4) is 0 Å². The first kappa shape index (κ1) is 21.2. The largest absolute Gasteiger partial charge is 0.397 e. The topological polar surface area (TPSA) is 153 Å². The minimum atomic E-state index is -4.90. The van der Waals surface area contributed by atoms with E-state index in [1.54, 1.807) is 13.8 Å².